The van der Waals surface area contributed by atoms with Gasteiger partial charge in [0, 0.05) is 19.1 Å². The fourth-order valence-corrected chi connectivity index (χ4v) is 2.57. The van der Waals surface area contributed by atoms with E-state index in [-0.39, 0.29) is 0 Å². The summed E-state index contributed by atoms with van der Waals surface area (Å²) in [5.41, 5.74) is 0. The van der Waals surface area contributed by atoms with Gasteiger partial charge in [0.2, 0.25) is 0 Å². The van der Waals surface area contributed by atoms with E-state index in [9.17, 15) is 0 Å². The summed E-state index contributed by atoms with van der Waals surface area (Å²) in [6.07, 6.45) is 5.67. The molecule has 1 N–H and O–H groups in total. The molecule has 2 aliphatic rings. The monoisotopic (exact) mass is 182 g/mol. The van der Waals surface area contributed by atoms with E-state index in [1.807, 2.05) is 0 Å². The maximum Gasteiger partial charge on any atom is 0.0121 e. The third-order valence-electron chi connectivity index (χ3n) is 3.43. The zero-order chi connectivity index (χ0) is 9.10. The number of nitrogens with zero attached hydrogens (tertiary/aromatic N) is 1. The molecule has 2 rings (SSSR count). The molecule has 0 amide bonds. The van der Waals surface area contributed by atoms with Crippen molar-refractivity contribution in [3.8, 4) is 0 Å². The van der Waals surface area contributed by atoms with Crippen molar-refractivity contribution in [1.82, 2.24) is 10.2 Å². The third kappa shape index (κ3) is 2.44. The van der Waals surface area contributed by atoms with Gasteiger partial charge in [0.05, 0.1) is 0 Å². The minimum absolute atomic E-state index is 0.903. The Balaban J connectivity index is 1.87. The smallest absolute Gasteiger partial charge is 0.0121 e. The molecule has 2 heteroatoms. The maximum atomic E-state index is 3.47. The quantitative estimate of drug-likeness (QED) is 0.711. The summed E-state index contributed by atoms with van der Waals surface area (Å²) >= 11 is 0. The van der Waals surface area contributed by atoms with Crippen LogP contribution in [0, 0.1) is 5.92 Å². The lowest BCUT2D eigenvalue weighted by Gasteiger charge is -2.29. The molecule has 13 heavy (non-hydrogen) atoms. The van der Waals surface area contributed by atoms with Crippen LogP contribution in [0.1, 0.15) is 32.6 Å². The Morgan fingerprint density at radius 2 is 2.15 bits per heavy atom. The molecule has 1 saturated heterocycles. The Bertz CT molecular complexity index is 146. The first-order chi connectivity index (χ1) is 6.42. The minimum Gasteiger partial charge on any atom is -0.315 e. The van der Waals surface area contributed by atoms with Gasteiger partial charge in [-0.05, 0) is 44.7 Å². The molecule has 1 saturated carbocycles. The van der Waals surface area contributed by atoms with Crippen LogP contribution in [-0.2, 0) is 0 Å². The fourth-order valence-electron chi connectivity index (χ4n) is 2.57. The number of nitrogens with one attached hydrogen (secondary N) is 1. The normalized spacial score (nSPS) is 28.4. The van der Waals surface area contributed by atoms with Crippen molar-refractivity contribution >= 4 is 0 Å². The summed E-state index contributed by atoms with van der Waals surface area (Å²) in [4.78, 5) is 2.72. The Labute approximate surface area is 81.7 Å². The van der Waals surface area contributed by atoms with Crippen LogP contribution in [0.5, 0.6) is 0 Å². The SMILES string of the molecule is CCC(C1CC1)N1CCCNCC1. The number of hydrogen-bond acceptors (Lipinski definition) is 2. The van der Waals surface area contributed by atoms with Crippen LogP contribution >= 0.6 is 0 Å². The highest BCUT2D eigenvalue weighted by atomic mass is 15.2. The average molecular weight is 182 g/mol. The van der Waals surface area contributed by atoms with E-state index in [0.717, 1.165) is 12.0 Å². The van der Waals surface area contributed by atoms with E-state index in [0.29, 0.717) is 0 Å². The fraction of sp³-hybridized carbons (Fsp3) is 1.00. The van der Waals surface area contributed by atoms with Gasteiger partial charge in [0.1, 0.15) is 0 Å². The van der Waals surface area contributed by atoms with Gasteiger partial charge in [-0.1, -0.05) is 6.92 Å². The molecule has 0 aromatic heterocycles. The van der Waals surface area contributed by atoms with Gasteiger partial charge >= 0.3 is 0 Å². The largest absolute Gasteiger partial charge is 0.315 e. The van der Waals surface area contributed by atoms with Crippen LogP contribution in [0.15, 0.2) is 0 Å². The highest BCUT2D eigenvalue weighted by Gasteiger charge is 2.33. The van der Waals surface area contributed by atoms with Crippen LogP contribution in [0.25, 0.3) is 0 Å². The number of hydrogen-bond donors (Lipinski definition) is 1. The highest BCUT2D eigenvalue weighted by molar-refractivity contribution is 4.88. The van der Waals surface area contributed by atoms with E-state index >= 15 is 0 Å². The summed E-state index contributed by atoms with van der Waals surface area (Å²) in [5.74, 6) is 1.04. The van der Waals surface area contributed by atoms with Gasteiger partial charge in [0.25, 0.3) is 0 Å². The second kappa shape index (κ2) is 4.43. The predicted octanol–water partition coefficient (Wildman–Crippen LogP) is 1.47. The lowest BCUT2D eigenvalue weighted by molar-refractivity contribution is 0.182. The van der Waals surface area contributed by atoms with Gasteiger partial charge in [-0.2, -0.15) is 0 Å². The molecule has 1 aliphatic carbocycles. The van der Waals surface area contributed by atoms with E-state index in [2.05, 4.69) is 17.1 Å². The Hall–Kier alpha value is -0.0800. The minimum atomic E-state index is 0.903. The van der Waals surface area contributed by atoms with Crippen molar-refractivity contribution in [3.63, 3.8) is 0 Å². The van der Waals surface area contributed by atoms with Crippen LogP contribution in [0.4, 0.5) is 0 Å². The Morgan fingerprint density at radius 1 is 1.31 bits per heavy atom. The van der Waals surface area contributed by atoms with E-state index < -0.39 is 0 Å². The van der Waals surface area contributed by atoms with Crippen molar-refractivity contribution in [1.29, 1.82) is 0 Å². The van der Waals surface area contributed by atoms with Crippen LogP contribution in [0.3, 0.4) is 0 Å². The van der Waals surface area contributed by atoms with Crippen LogP contribution < -0.4 is 5.32 Å². The molecular weight excluding hydrogens is 160 g/mol. The third-order valence-corrected chi connectivity index (χ3v) is 3.43. The van der Waals surface area contributed by atoms with Crippen LogP contribution in [-0.4, -0.2) is 37.1 Å². The van der Waals surface area contributed by atoms with Crippen LogP contribution in [0.2, 0.25) is 0 Å². The molecular formula is C11H22N2. The van der Waals surface area contributed by atoms with Crippen molar-refractivity contribution in [2.75, 3.05) is 26.2 Å². The molecule has 1 unspecified atom stereocenters. The predicted molar refractivity (Wildman–Crippen MR) is 55.9 cm³/mol. The number of rotatable bonds is 3. The molecule has 0 spiro atoms. The standard InChI is InChI=1S/C11H22N2/c1-2-11(10-4-5-10)13-8-3-6-12-7-9-13/h10-12H,2-9H2,1H3. The molecule has 2 nitrogen and oxygen atoms in total. The van der Waals surface area contributed by atoms with Gasteiger partial charge in [-0.3, -0.25) is 4.90 Å². The Kier molecular flexibility index (Phi) is 3.23. The summed E-state index contributed by atoms with van der Waals surface area (Å²) in [6.45, 7) is 7.36. The molecule has 0 aromatic carbocycles. The van der Waals surface area contributed by atoms with Crippen molar-refractivity contribution in [2.45, 2.75) is 38.6 Å². The zero-order valence-corrected chi connectivity index (χ0v) is 8.76. The summed E-state index contributed by atoms with van der Waals surface area (Å²) in [6, 6.07) is 0.903. The van der Waals surface area contributed by atoms with E-state index in [1.54, 1.807) is 0 Å². The lowest BCUT2D eigenvalue weighted by Crippen LogP contribution is -2.38. The molecule has 2 fully saturated rings. The molecule has 0 bridgehead atoms. The maximum absolute atomic E-state index is 3.47. The van der Waals surface area contributed by atoms with Crippen molar-refractivity contribution in [3.05, 3.63) is 0 Å². The van der Waals surface area contributed by atoms with Gasteiger partial charge < -0.3 is 5.32 Å². The molecule has 1 heterocycles. The zero-order valence-electron chi connectivity index (χ0n) is 8.76. The molecule has 0 aromatic rings. The van der Waals surface area contributed by atoms with E-state index in [4.69, 9.17) is 0 Å². The summed E-state index contributed by atoms with van der Waals surface area (Å²) in [5, 5.41) is 3.47. The molecule has 1 atom stereocenters. The molecule has 0 radical (unpaired) electrons. The average Bonchev–Trinajstić information content (AvgIpc) is 2.92. The van der Waals surface area contributed by atoms with E-state index in [1.165, 1.54) is 51.9 Å². The molecule has 76 valence electrons. The first-order valence-corrected chi connectivity index (χ1v) is 5.86. The topological polar surface area (TPSA) is 15.3 Å². The second-order valence-electron chi connectivity index (χ2n) is 4.45. The highest BCUT2D eigenvalue weighted by Crippen LogP contribution is 2.36. The summed E-state index contributed by atoms with van der Waals surface area (Å²) < 4.78 is 0. The van der Waals surface area contributed by atoms with Gasteiger partial charge in [0.15, 0.2) is 0 Å². The van der Waals surface area contributed by atoms with Gasteiger partial charge in [-0.15, -0.1) is 0 Å². The van der Waals surface area contributed by atoms with Gasteiger partial charge in [-0.25, -0.2) is 0 Å². The first kappa shape index (κ1) is 9.47. The lowest BCUT2D eigenvalue weighted by atomic mass is 10.1. The summed E-state index contributed by atoms with van der Waals surface area (Å²) in [7, 11) is 0. The molecule has 1 aliphatic heterocycles. The second-order valence-corrected chi connectivity index (χ2v) is 4.45. The first-order valence-electron chi connectivity index (χ1n) is 5.86. The Morgan fingerprint density at radius 3 is 2.85 bits per heavy atom. The van der Waals surface area contributed by atoms with Crippen molar-refractivity contribution < 1.29 is 0 Å². The van der Waals surface area contributed by atoms with Crippen molar-refractivity contribution in [2.24, 2.45) is 5.92 Å².